The lowest BCUT2D eigenvalue weighted by Gasteiger charge is -2.09. The molecule has 0 aliphatic heterocycles. The first-order valence-corrected chi connectivity index (χ1v) is 7.08. The van der Waals surface area contributed by atoms with E-state index in [2.05, 4.69) is 0 Å². The molecule has 2 aromatic rings. The minimum absolute atomic E-state index is 0.0392. The number of aromatic hydroxyl groups is 1. The minimum Gasteiger partial charge on any atom is -0.507 e. The normalized spacial score (nSPS) is 13.6. The number of nitriles is 1. The van der Waals surface area contributed by atoms with Crippen molar-refractivity contribution in [1.29, 1.82) is 5.26 Å². The molecule has 1 aromatic carbocycles. The fourth-order valence-corrected chi connectivity index (χ4v) is 2.45. The van der Waals surface area contributed by atoms with E-state index < -0.39 is 11.3 Å². The summed E-state index contributed by atoms with van der Waals surface area (Å²) < 4.78 is 1.42. The van der Waals surface area contributed by atoms with Crippen LogP contribution in [0.3, 0.4) is 0 Å². The van der Waals surface area contributed by atoms with E-state index in [1.165, 1.54) is 35.0 Å². The van der Waals surface area contributed by atoms with Gasteiger partial charge in [-0.15, -0.1) is 0 Å². The predicted octanol–water partition coefficient (Wildman–Crippen LogP) is 2.64. The van der Waals surface area contributed by atoms with Gasteiger partial charge in [-0.3, -0.25) is 9.59 Å². The second kappa shape index (κ2) is 5.32. The third-order valence-corrected chi connectivity index (χ3v) is 3.80. The van der Waals surface area contributed by atoms with Gasteiger partial charge in [-0.25, -0.2) is 0 Å². The van der Waals surface area contributed by atoms with Crippen molar-refractivity contribution in [2.45, 2.75) is 18.9 Å². The Morgan fingerprint density at radius 3 is 2.73 bits per heavy atom. The molecule has 0 saturated heterocycles. The Labute approximate surface area is 131 Å². The number of benzene rings is 1. The molecule has 5 nitrogen and oxygen atoms in total. The second-order valence-corrected chi connectivity index (χ2v) is 5.62. The molecule has 110 valence electrons. The third-order valence-electron chi connectivity index (χ3n) is 3.57. The summed E-state index contributed by atoms with van der Waals surface area (Å²) in [7, 11) is 0. The maximum absolute atomic E-state index is 12.6. The van der Waals surface area contributed by atoms with E-state index in [0.29, 0.717) is 5.02 Å². The molecule has 0 atom stereocenters. The van der Waals surface area contributed by atoms with Gasteiger partial charge in [-0.1, -0.05) is 11.6 Å². The van der Waals surface area contributed by atoms with Gasteiger partial charge in [0.15, 0.2) is 5.78 Å². The van der Waals surface area contributed by atoms with Crippen molar-refractivity contribution in [3.63, 3.8) is 0 Å². The Balaban J connectivity index is 2.14. The Kier molecular flexibility index (Phi) is 3.47. The lowest BCUT2D eigenvalue weighted by Crippen LogP contribution is -2.23. The highest BCUT2D eigenvalue weighted by molar-refractivity contribution is 6.31. The third kappa shape index (κ3) is 2.49. The fourth-order valence-electron chi connectivity index (χ4n) is 2.28. The summed E-state index contributed by atoms with van der Waals surface area (Å²) in [4.78, 5) is 24.6. The van der Waals surface area contributed by atoms with Crippen LogP contribution in [0.5, 0.6) is 5.75 Å². The lowest BCUT2D eigenvalue weighted by atomic mass is 10.0. The molecule has 0 spiro atoms. The summed E-state index contributed by atoms with van der Waals surface area (Å²) >= 11 is 5.85. The summed E-state index contributed by atoms with van der Waals surface area (Å²) in [6, 6.07) is 7.27. The Morgan fingerprint density at radius 1 is 1.36 bits per heavy atom. The molecule has 1 fully saturated rings. The van der Waals surface area contributed by atoms with Crippen molar-refractivity contribution in [2.75, 3.05) is 0 Å². The first-order chi connectivity index (χ1) is 10.5. The molecule has 0 unspecified atom stereocenters. The molecule has 1 aromatic heterocycles. The quantitative estimate of drug-likeness (QED) is 0.883. The fraction of sp³-hybridized carbons (Fsp3) is 0.188. The van der Waals surface area contributed by atoms with Gasteiger partial charge in [-0.2, -0.15) is 5.26 Å². The zero-order valence-electron chi connectivity index (χ0n) is 11.4. The van der Waals surface area contributed by atoms with Crippen molar-refractivity contribution >= 4 is 17.4 Å². The number of aromatic nitrogens is 1. The first kappa shape index (κ1) is 14.4. The summed E-state index contributed by atoms with van der Waals surface area (Å²) in [5.41, 5.74) is -0.255. The molecular formula is C16H11ClN2O3. The molecule has 1 saturated carbocycles. The average Bonchev–Trinajstić information content (AvgIpc) is 3.34. The number of pyridine rings is 1. The number of phenols is 1. The molecule has 1 aliphatic rings. The number of rotatable bonds is 3. The highest BCUT2D eigenvalue weighted by Gasteiger charge is 2.27. The van der Waals surface area contributed by atoms with E-state index >= 15 is 0 Å². The molecule has 3 rings (SSSR count). The molecule has 0 radical (unpaired) electrons. The van der Waals surface area contributed by atoms with Gasteiger partial charge in [0.1, 0.15) is 17.4 Å². The molecule has 1 aliphatic carbocycles. The van der Waals surface area contributed by atoms with Crippen LogP contribution in [-0.2, 0) is 0 Å². The molecule has 6 heteroatoms. The van der Waals surface area contributed by atoms with Crippen LogP contribution in [0.15, 0.2) is 35.3 Å². The molecule has 0 bridgehead atoms. The van der Waals surface area contributed by atoms with E-state index in [1.54, 1.807) is 0 Å². The van der Waals surface area contributed by atoms with E-state index in [9.17, 15) is 14.7 Å². The van der Waals surface area contributed by atoms with Crippen molar-refractivity contribution in [3.05, 3.63) is 62.5 Å². The summed E-state index contributed by atoms with van der Waals surface area (Å²) in [6.07, 6.45) is 3.15. The number of hydrogen-bond acceptors (Lipinski definition) is 4. The van der Waals surface area contributed by atoms with Gasteiger partial charge < -0.3 is 9.67 Å². The first-order valence-electron chi connectivity index (χ1n) is 6.71. The number of ketones is 1. The van der Waals surface area contributed by atoms with Crippen LogP contribution in [0.1, 0.15) is 40.4 Å². The number of carbonyl (C=O) groups excluding carboxylic acids is 1. The zero-order valence-corrected chi connectivity index (χ0v) is 12.2. The number of carbonyl (C=O) groups is 1. The van der Waals surface area contributed by atoms with Gasteiger partial charge in [0.2, 0.25) is 0 Å². The number of nitrogens with zero attached hydrogens (tertiary/aromatic N) is 2. The van der Waals surface area contributed by atoms with Gasteiger partial charge in [0, 0.05) is 22.8 Å². The van der Waals surface area contributed by atoms with Crippen LogP contribution >= 0.6 is 11.6 Å². The average molecular weight is 315 g/mol. The molecule has 1 N–H and O–H groups in total. The summed E-state index contributed by atoms with van der Waals surface area (Å²) in [6.45, 7) is 0. The lowest BCUT2D eigenvalue weighted by molar-refractivity contribution is 0.103. The van der Waals surface area contributed by atoms with E-state index in [-0.39, 0.29) is 28.5 Å². The predicted molar refractivity (Wildman–Crippen MR) is 80.2 cm³/mol. The molecule has 1 heterocycles. The van der Waals surface area contributed by atoms with Gasteiger partial charge in [-0.05, 0) is 37.1 Å². The Hall–Kier alpha value is -2.58. The minimum atomic E-state index is -0.481. The highest BCUT2D eigenvalue weighted by Crippen LogP contribution is 2.34. The van der Waals surface area contributed by atoms with Gasteiger partial charge in [0.25, 0.3) is 5.56 Å². The largest absolute Gasteiger partial charge is 0.507 e. The van der Waals surface area contributed by atoms with Crippen LogP contribution in [0.2, 0.25) is 5.02 Å². The number of halogens is 1. The monoisotopic (exact) mass is 314 g/mol. The molecule has 22 heavy (non-hydrogen) atoms. The maximum Gasteiger partial charge on any atom is 0.268 e. The van der Waals surface area contributed by atoms with Crippen LogP contribution in [0.4, 0.5) is 0 Å². The van der Waals surface area contributed by atoms with E-state index in [0.717, 1.165) is 12.8 Å². The van der Waals surface area contributed by atoms with Crippen molar-refractivity contribution in [1.82, 2.24) is 4.57 Å². The van der Waals surface area contributed by atoms with E-state index in [4.69, 9.17) is 16.9 Å². The summed E-state index contributed by atoms with van der Waals surface area (Å²) in [5.74, 6) is -0.678. The smallest absolute Gasteiger partial charge is 0.268 e. The van der Waals surface area contributed by atoms with Gasteiger partial charge in [0.05, 0.1) is 5.56 Å². The van der Waals surface area contributed by atoms with Gasteiger partial charge >= 0.3 is 0 Å². The van der Waals surface area contributed by atoms with Crippen LogP contribution in [-0.4, -0.2) is 15.5 Å². The SMILES string of the molecule is N#Cc1cc(C(=O)c2cc(Cl)ccc2O)cn(C2CC2)c1=O. The number of phenolic OH excluding ortho intramolecular Hbond substituents is 1. The number of hydrogen-bond donors (Lipinski definition) is 1. The Morgan fingerprint density at radius 2 is 2.09 bits per heavy atom. The zero-order chi connectivity index (χ0) is 15.9. The van der Waals surface area contributed by atoms with Crippen LogP contribution < -0.4 is 5.56 Å². The van der Waals surface area contributed by atoms with Crippen LogP contribution in [0.25, 0.3) is 0 Å². The van der Waals surface area contributed by atoms with Crippen molar-refractivity contribution < 1.29 is 9.90 Å². The van der Waals surface area contributed by atoms with Crippen molar-refractivity contribution in [2.24, 2.45) is 0 Å². The molecule has 0 amide bonds. The van der Waals surface area contributed by atoms with Crippen molar-refractivity contribution in [3.8, 4) is 11.8 Å². The summed E-state index contributed by atoms with van der Waals surface area (Å²) in [5, 5.41) is 19.2. The Bertz CT molecular complexity index is 876. The molecular weight excluding hydrogens is 304 g/mol. The standard InChI is InChI=1S/C16H11ClN2O3/c17-11-1-4-14(20)13(6-11)15(21)10-5-9(7-18)16(22)19(8-10)12-2-3-12/h1,4-6,8,12,20H,2-3H2. The maximum atomic E-state index is 12.6. The second-order valence-electron chi connectivity index (χ2n) is 5.19. The van der Waals surface area contributed by atoms with E-state index in [1.807, 2.05) is 6.07 Å². The topological polar surface area (TPSA) is 83.1 Å². The highest BCUT2D eigenvalue weighted by atomic mass is 35.5. The van der Waals surface area contributed by atoms with Crippen LogP contribution in [0, 0.1) is 11.3 Å².